The van der Waals surface area contributed by atoms with Crippen LogP contribution in [-0.2, 0) is 24.1 Å². The smallest absolute Gasteiger partial charge is 0.259 e. The molecule has 0 bridgehead atoms. The second kappa shape index (κ2) is 18.6. The Labute approximate surface area is 331 Å². The molecule has 5 aromatic rings. The van der Waals surface area contributed by atoms with Crippen molar-refractivity contribution < 1.29 is 28.0 Å². The molecule has 0 amide bonds. The number of hydrogen-bond donors (Lipinski definition) is 0. The molecule has 4 aromatic carbocycles. The van der Waals surface area contributed by atoms with Gasteiger partial charge in [0.05, 0.1) is 52.6 Å². The second-order valence-corrected chi connectivity index (χ2v) is 15.9. The summed E-state index contributed by atoms with van der Waals surface area (Å²) in [6.07, 6.45) is 0.765. The van der Waals surface area contributed by atoms with E-state index in [2.05, 4.69) is 50.6 Å². The van der Waals surface area contributed by atoms with Crippen molar-refractivity contribution in [1.82, 2.24) is 9.24 Å². The first-order valence-electron chi connectivity index (χ1n) is 19.1. The maximum Gasteiger partial charge on any atom is 0.259 e. The SMILES string of the molecule is COc1ccc(C(OC2C(n3ccc4cc(C)ccc4c3=O)CO[C@@H]2COP(OCCC#N)N(C(C)C)C(C)C)(c2ccccc2)c2ccc(OC)cc2)cc1. The summed E-state index contributed by atoms with van der Waals surface area (Å²) >= 11 is 0. The van der Waals surface area contributed by atoms with E-state index < -0.39 is 32.4 Å². The minimum atomic E-state index is -1.58. The molecule has 6 rings (SSSR count). The van der Waals surface area contributed by atoms with E-state index in [4.69, 9.17) is 28.0 Å². The third-order valence-electron chi connectivity index (χ3n) is 10.2. The fourth-order valence-electron chi connectivity index (χ4n) is 7.52. The van der Waals surface area contributed by atoms with E-state index in [9.17, 15) is 10.1 Å². The van der Waals surface area contributed by atoms with E-state index in [0.29, 0.717) is 16.9 Å². The molecule has 1 saturated heterocycles. The molecule has 11 heteroatoms. The number of hydrogen-bond acceptors (Lipinski definition) is 9. The Morgan fingerprint density at radius 3 is 2.04 bits per heavy atom. The summed E-state index contributed by atoms with van der Waals surface area (Å²) in [6, 6.07) is 35.6. The molecule has 10 nitrogen and oxygen atoms in total. The Morgan fingerprint density at radius 2 is 1.46 bits per heavy atom. The largest absolute Gasteiger partial charge is 0.497 e. The van der Waals surface area contributed by atoms with Gasteiger partial charge in [0, 0.05) is 23.7 Å². The first-order chi connectivity index (χ1) is 27.1. The Bertz CT molecular complexity index is 2080. The van der Waals surface area contributed by atoms with E-state index in [1.807, 2.05) is 104 Å². The fourth-order valence-corrected chi connectivity index (χ4v) is 9.14. The van der Waals surface area contributed by atoms with Gasteiger partial charge in [-0.2, -0.15) is 5.26 Å². The Hall–Kier alpha value is -4.59. The predicted molar refractivity (Wildman–Crippen MR) is 220 cm³/mol. The van der Waals surface area contributed by atoms with E-state index in [0.717, 1.165) is 27.6 Å². The monoisotopic (exact) mass is 777 g/mol. The Kier molecular flexibility index (Phi) is 13.6. The molecule has 4 atom stereocenters. The summed E-state index contributed by atoms with van der Waals surface area (Å²) in [6.45, 7) is 11.0. The van der Waals surface area contributed by atoms with Gasteiger partial charge in [-0.3, -0.25) is 4.79 Å². The number of methoxy groups -OCH3 is 2. The van der Waals surface area contributed by atoms with E-state index in [-0.39, 0.29) is 43.9 Å². The molecule has 0 radical (unpaired) electrons. The van der Waals surface area contributed by atoms with Gasteiger partial charge in [-0.15, -0.1) is 0 Å². The van der Waals surface area contributed by atoms with Crippen LogP contribution in [0.15, 0.2) is 114 Å². The average molecular weight is 778 g/mol. The van der Waals surface area contributed by atoms with Gasteiger partial charge in [-0.05, 0) is 93.1 Å². The van der Waals surface area contributed by atoms with Crippen molar-refractivity contribution in [2.45, 2.75) is 77.0 Å². The zero-order valence-electron chi connectivity index (χ0n) is 33.3. The molecular formula is C45H52N3O7P. The highest BCUT2D eigenvalue weighted by molar-refractivity contribution is 7.44. The summed E-state index contributed by atoms with van der Waals surface area (Å²) in [5.74, 6) is 1.42. The van der Waals surface area contributed by atoms with Crippen molar-refractivity contribution in [2.75, 3.05) is 34.0 Å². The van der Waals surface area contributed by atoms with Gasteiger partial charge in [0.2, 0.25) is 0 Å². The minimum absolute atomic E-state index is 0.114. The molecule has 0 N–H and O–H groups in total. The molecule has 56 heavy (non-hydrogen) atoms. The highest BCUT2D eigenvalue weighted by Gasteiger charge is 2.48. The van der Waals surface area contributed by atoms with Gasteiger partial charge in [0.1, 0.15) is 29.3 Å². The lowest BCUT2D eigenvalue weighted by Crippen LogP contribution is -2.45. The van der Waals surface area contributed by atoms with Crippen molar-refractivity contribution in [3.05, 3.63) is 142 Å². The molecule has 3 unspecified atom stereocenters. The number of benzene rings is 4. The molecule has 1 fully saturated rings. The highest BCUT2D eigenvalue weighted by atomic mass is 31.2. The fraction of sp³-hybridized carbons (Fsp3) is 0.378. The van der Waals surface area contributed by atoms with Crippen molar-refractivity contribution in [2.24, 2.45) is 0 Å². The third-order valence-corrected chi connectivity index (χ3v) is 12.2. The van der Waals surface area contributed by atoms with Crippen LogP contribution in [0.4, 0.5) is 0 Å². The van der Waals surface area contributed by atoms with Crippen molar-refractivity contribution in [1.29, 1.82) is 5.26 Å². The summed E-state index contributed by atoms with van der Waals surface area (Å²) in [5.41, 5.74) is 2.35. The number of ether oxygens (including phenoxy) is 4. The number of aryl methyl sites for hydroxylation is 1. The van der Waals surface area contributed by atoms with Crippen molar-refractivity contribution in [3.63, 3.8) is 0 Å². The van der Waals surface area contributed by atoms with Crippen LogP contribution in [0.5, 0.6) is 11.5 Å². The third kappa shape index (κ3) is 8.69. The van der Waals surface area contributed by atoms with Gasteiger partial charge < -0.3 is 32.6 Å². The van der Waals surface area contributed by atoms with Gasteiger partial charge in [-0.1, -0.05) is 72.3 Å². The number of aromatic nitrogens is 1. The maximum absolute atomic E-state index is 14.4. The molecule has 294 valence electrons. The van der Waals surface area contributed by atoms with Crippen LogP contribution in [0.3, 0.4) is 0 Å². The molecule has 0 spiro atoms. The minimum Gasteiger partial charge on any atom is -0.497 e. The zero-order chi connectivity index (χ0) is 39.8. The van der Waals surface area contributed by atoms with Gasteiger partial charge in [-0.25, -0.2) is 4.67 Å². The van der Waals surface area contributed by atoms with Crippen LogP contribution in [0.1, 0.15) is 62.4 Å². The number of rotatable bonds is 17. The van der Waals surface area contributed by atoms with Crippen LogP contribution in [0, 0.1) is 18.3 Å². The van der Waals surface area contributed by atoms with Crippen molar-refractivity contribution in [3.8, 4) is 17.6 Å². The lowest BCUT2D eigenvalue weighted by atomic mass is 9.79. The Balaban J connectivity index is 1.52. The van der Waals surface area contributed by atoms with Crippen LogP contribution >= 0.6 is 8.53 Å². The standard InChI is InChI=1S/C45H52N3O7P/c1-31(2)48(32(3)4)56(53-27-11-25-46)54-30-42-43(41(29-52-42)47-26-24-34-28-33(5)14-23-40(34)44(47)49)55-45(35-12-9-8-10-13-35,36-15-19-38(50-6)20-16-36)37-17-21-39(51-7)22-18-37/h8-10,12-24,26,28,31-32,41-43H,11,27,29-30H2,1-7H3/t41?,42-,43?,56?/m1/s1. The number of fused-ring (bicyclic) bond motifs is 1. The van der Waals surface area contributed by atoms with Crippen LogP contribution in [-0.4, -0.2) is 67.6 Å². The zero-order valence-corrected chi connectivity index (χ0v) is 34.1. The van der Waals surface area contributed by atoms with Gasteiger partial charge in [0.15, 0.2) is 0 Å². The topological polar surface area (TPSA) is 104 Å². The van der Waals surface area contributed by atoms with E-state index in [1.54, 1.807) is 18.8 Å². The lowest BCUT2D eigenvalue weighted by molar-refractivity contribution is -0.0966. The average Bonchev–Trinajstić information content (AvgIpc) is 3.60. The molecule has 1 aromatic heterocycles. The molecular weight excluding hydrogens is 725 g/mol. The first-order valence-corrected chi connectivity index (χ1v) is 20.2. The normalized spacial score (nSPS) is 17.8. The summed E-state index contributed by atoms with van der Waals surface area (Å²) < 4.78 is 42.5. The van der Waals surface area contributed by atoms with Crippen LogP contribution < -0.4 is 15.0 Å². The lowest BCUT2D eigenvalue weighted by Gasteiger charge is -2.41. The number of pyridine rings is 1. The second-order valence-electron chi connectivity index (χ2n) is 14.5. The van der Waals surface area contributed by atoms with E-state index >= 15 is 0 Å². The molecule has 1 aliphatic rings. The molecule has 2 heterocycles. The van der Waals surface area contributed by atoms with E-state index in [1.165, 1.54) is 0 Å². The summed E-state index contributed by atoms with van der Waals surface area (Å²) in [5, 5.41) is 10.8. The van der Waals surface area contributed by atoms with Gasteiger partial charge in [0.25, 0.3) is 14.1 Å². The summed E-state index contributed by atoms with van der Waals surface area (Å²) in [4.78, 5) is 14.4. The number of nitrogens with zero attached hydrogens (tertiary/aromatic N) is 3. The molecule has 0 saturated carbocycles. The quantitative estimate of drug-likeness (QED) is 0.0520. The van der Waals surface area contributed by atoms with Crippen molar-refractivity contribution >= 4 is 19.3 Å². The molecule has 0 aliphatic carbocycles. The number of nitriles is 1. The first kappa shape index (κ1) is 41.1. The van der Waals surface area contributed by atoms with Crippen LogP contribution in [0.25, 0.3) is 10.8 Å². The predicted octanol–water partition coefficient (Wildman–Crippen LogP) is 8.94. The summed E-state index contributed by atoms with van der Waals surface area (Å²) in [7, 11) is 1.71. The maximum atomic E-state index is 14.4. The molecule has 1 aliphatic heterocycles. The Morgan fingerprint density at radius 1 is 0.857 bits per heavy atom. The highest BCUT2D eigenvalue weighted by Crippen LogP contribution is 2.49. The van der Waals surface area contributed by atoms with Crippen LogP contribution in [0.2, 0.25) is 0 Å². The van der Waals surface area contributed by atoms with Gasteiger partial charge >= 0.3 is 0 Å².